The van der Waals surface area contributed by atoms with Crippen molar-refractivity contribution in [1.82, 2.24) is 4.90 Å². The first-order valence-electron chi connectivity index (χ1n) is 6.33. The van der Waals surface area contributed by atoms with Gasteiger partial charge in [-0.05, 0) is 30.5 Å². The van der Waals surface area contributed by atoms with Crippen molar-refractivity contribution in [1.29, 1.82) is 0 Å². The van der Waals surface area contributed by atoms with Crippen LogP contribution in [0, 0.1) is 0 Å². The van der Waals surface area contributed by atoms with Gasteiger partial charge in [0.2, 0.25) is 5.91 Å². The van der Waals surface area contributed by atoms with E-state index < -0.39 is 5.97 Å². The van der Waals surface area contributed by atoms with E-state index in [0.29, 0.717) is 0 Å². The van der Waals surface area contributed by atoms with Crippen LogP contribution in [0.25, 0.3) is 0 Å². The Labute approximate surface area is 112 Å². The van der Waals surface area contributed by atoms with Gasteiger partial charge in [0.1, 0.15) is 0 Å². The monoisotopic (exact) mass is 259 g/mol. The molecule has 19 heavy (non-hydrogen) atoms. The first kappa shape index (κ1) is 13.3. The van der Waals surface area contributed by atoms with Crippen LogP contribution in [0.2, 0.25) is 0 Å². The van der Waals surface area contributed by atoms with Gasteiger partial charge in [-0.3, -0.25) is 4.79 Å². The van der Waals surface area contributed by atoms with Gasteiger partial charge in [-0.1, -0.05) is 24.3 Å². The van der Waals surface area contributed by atoms with Crippen LogP contribution in [0.3, 0.4) is 0 Å². The lowest BCUT2D eigenvalue weighted by Gasteiger charge is -2.28. The highest BCUT2D eigenvalue weighted by atomic mass is 16.4. The van der Waals surface area contributed by atoms with E-state index in [1.54, 1.807) is 18.2 Å². The second-order valence-electron chi connectivity index (χ2n) is 4.81. The van der Waals surface area contributed by atoms with Gasteiger partial charge < -0.3 is 10.0 Å². The van der Waals surface area contributed by atoms with Crippen LogP contribution < -0.4 is 0 Å². The van der Waals surface area contributed by atoms with Crippen LogP contribution in [-0.4, -0.2) is 35.0 Å². The molecule has 2 rings (SSSR count). The van der Waals surface area contributed by atoms with E-state index in [1.807, 2.05) is 4.90 Å². The van der Waals surface area contributed by atoms with Gasteiger partial charge in [0, 0.05) is 13.1 Å². The Hall–Kier alpha value is -2.10. The van der Waals surface area contributed by atoms with E-state index in [2.05, 4.69) is 6.58 Å². The standard InChI is InChI=1S/C15H17NO3/c1-11-5-7-16(8-6-11)14(17)10-12-3-2-4-13(9-12)15(18)19/h2-4,9H,1,5-8,10H2,(H,18,19). The predicted molar refractivity (Wildman–Crippen MR) is 72.1 cm³/mol. The molecule has 0 bridgehead atoms. The molecule has 0 aromatic heterocycles. The molecule has 0 aliphatic carbocycles. The van der Waals surface area contributed by atoms with Crippen molar-refractivity contribution in [3.05, 3.63) is 47.5 Å². The maximum atomic E-state index is 12.1. The van der Waals surface area contributed by atoms with Gasteiger partial charge in [0.05, 0.1) is 12.0 Å². The third kappa shape index (κ3) is 3.44. The number of carboxylic acid groups (broad SMARTS) is 1. The van der Waals surface area contributed by atoms with E-state index in [-0.39, 0.29) is 17.9 Å². The van der Waals surface area contributed by atoms with Gasteiger partial charge in [-0.25, -0.2) is 4.79 Å². The third-order valence-corrected chi connectivity index (χ3v) is 3.35. The number of likely N-dealkylation sites (tertiary alicyclic amines) is 1. The second kappa shape index (κ2) is 5.69. The fourth-order valence-corrected chi connectivity index (χ4v) is 2.17. The van der Waals surface area contributed by atoms with Crippen molar-refractivity contribution in [3.8, 4) is 0 Å². The van der Waals surface area contributed by atoms with Crippen LogP contribution in [0.15, 0.2) is 36.4 Å². The van der Waals surface area contributed by atoms with Crippen LogP contribution >= 0.6 is 0 Å². The molecule has 1 heterocycles. The number of carbonyl (C=O) groups excluding carboxylic acids is 1. The molecular formula is C15H17NO3. The molecule has 0 unspecified atom stereocenters. The lowest BCUT2D eigenvalue weighted by molar-refractivity contribution is -0.130. The molecule has 1 aromatic rings. The highest BCUT2D eigenvalue weighted by Gasteiger charge is 2.18. The van der Waals surface area contributed by atoms with Crippen molar-refractivity contribution < 1.29 is 14.7 Å². The number of rotatable bonds is 3. The van der Waals surface area contributed by atoms with Crippen molar-refractivity contribution in [2.24, 2.45) is 0 Å². The number of benzene rings is 1. The molecular weight excluding hydrogens is 242 g/mol. The Morgan fingerprint density at radius 2 is 1.95 bits per heavy atom. The fraction of sp³-hybridized carbons (Fsp3) is 0.333. The number of nitrogens with zero attached hydrogens (tertiary/aromatic N) is 1. The molecule has 100 valence electrons. The molecule has 1 aromatic carbocycles. The van der Waals surface area contributed by atoms with Crippen molar-refractivity contribution in [2.75, 3.05) is 13.1 Å². The summed E-state index contributed by atoms with van der Waals surface area (Å²) in [5.41, 5.74) is 2.16. The summed E-state index contributed by atoms with van der Waals surface area (Å²) >= 11 is 0. The number of amides is 1. The van der Waals surface area contributed by atoms with Crippen molar-refractivity contribution >= 4 is 11.9 Å². The summed E-state index contributed by atoms with van der Waals surface area (Å²) in [6.45, 7) is 5.36. The number of carboxylic acids is 1. The van der Waals surface area contributed by atoms with Gasteiger partial charge in [0.25, 0.3) is 0 Å². The molecule has 0 atom stereocenters. The average Bonchev–Trinajstić information content (AvgIpc) is 2.39. The Balaban J connectivity index is 2.00. The van der Waals surface area contributed by atoms with Gasteiger partial charge >= 0.3 is 5.97 Å². The van der Waals surface area contributed by atoms with E-state index in [1.165, 1.54) is 11.6 Å². The molecule has 1 fully saturated rings. The van der Waals surface area contributed by atoms with E-state index in [9.17, 15) is 9.59 Å². The lowest BCUT2D eigenvalue weighted by atomic mass is 10.0. The van der Waals surface area contributed by atoms with Crippen LogP contribution in [-0.2, 0) is 11.2 Å². The topological polar surface area (TPSA) is 57.6 Å². The summed E-state index contributed by atoms with van der Waals surface area (Å²) in [5, 5.41) is 8.92. The Morgan fingerprint density at radius 1 is 1.26 bits per heavy atom. The van der Waals surface area contributed by atoms with Gasteiger partial charge in [-0.15, -0.1) is 0 Å². The molecule has 1 N–H and O–H groups in total. The fourth-order valence-electron chi connectivity index (χ4n) is 2.17. The number of carbonyl (C=O) groups is 2. The zero-order chi connectivity index (χ0) is 13.8. The smallest absolute Gasteiger partial charge is 0.335 e. The summed E-state index contributed by atoms with van der Waals surface area (Å²) in [5.74, 6) is -0.918. The molecule has 0 saturated carbocycles. The summed E-state index contributed by atoms with van der Waals surface area (Å²) in [4.78, 5) is 24.8. The van der Waals surface area contributed by atoms with Crippen LogP contribution in [0.4, 0.5) is 0 Å². The first-order valence-corrected chi connectivity index (χ1v) is 6.33. The summed E-state index contributed by atoms with van der Waals surface area (Å²) < 4.78 is 0. The minimum Gasteiger partial charge on any atom is -0.478 e. The molecule has 4 nitrogen and oxygen atoms in total. The van der Waals surface area contributed by atoms with Gasteiger partial charge in [0.15, 0.2) is 0 Å². The highest BCUT2D eigenvalue weighted by molar-refractivity contribution is 5.88. The molecule has 0 spiro atoms. The van der Waals surface area contributed by atoms with E-state index >= 15 is 0 Å². The molecule has 4 heteroatoms. The molecule has 1 saturated heterocycles. The SMILES string of the molecule is C=C1CCN(C(=O)Cc2cccc(C(=O)O)c2)CC1. The van der Waals surface area contributed by atoms with Crippen LogP contribution in [0.5, 0.6) is 0 Å². The van der Waals surface area contributed by atoms with Crippen LogP contribution in [0.1, 0.15) is 28.8 Å². The zero-order valence-electron chi connectivity index (χ0n) is 10.8. The van der Waals surface area contributed by atoms with E-state index in [0.717, 1.165) is 31.5 Å². The largest absolute Gasteiger partial charge is 0.478 e. The number of aromatic carboxylic acids is 1. The second-order valence-corrected chi connectivity index (χ2v) is 4.81. The minimum absolute atomic E-state index is 0.0510. The van der Waals surface area contributed by atoms with E-state index in [4.69, 9.17) is 5.11 Å². The maximum Gasteiger partial charge on any atom is 0.335 e. The normalized spacial score (nSPS) is 15.4. The quantitative estimate of drug-likeness (QED) is 0.846. The molecule has 1 aliphatic rings. The first-order chi connectivity index (χ1) is 9.06. The van der Waals surface area contributed by atoms with Crippen molar-refractivity contribution in [3.63, 3.8) is 0 Å². The highest BCUT2D eigenvalue weighted by Crippen LogP contribution is 2.15. The molecule has 1 aliphatic heterocycles. The Kier molecular flexibility index (Phi) is 4.00. The summed E-state index contributed by atoms with van der Waals surface area (Å²) in [6.07, 6.45) is 1.98. The van der Waals surface area contributed by atoms with Gasteiger partial charge in [-0.2, -0.15) is 0 Å². The predicted octanol–water partition coefficient (Wildman–Crippen LogP) is 2.11. The summed E-state index contributed by atoms with van der Waals surface area (Å²) in [7, 11) is 0. The lowest BCUT2D eigenvalue weighted by Crippen LogP contribution is -2.37. The average molecular weight is 259 g/mol. The zero-order valence-corrected chi connectivity index (χ0v) is 10.8. The Bertz CT molecular complexity index is 512. The minimum atomic E-state index is -0.969. The Morgan fingerprint density at radius 3 is 2.58 bits per heavy atom. The number of hydrogen-bond donors (Lipinski definition) is 1. The van der Waals surface area contributed by atoms with Crippen molar-refractivity contribution in [2.45, 2.75) is 19.3 Å². The maximum absolute atomic E-state index is 12.1. The number of piperidine rings is 1. The summed E-state index contributed by atoms with van der Waals surface area (Å²) in [6, 6.07) is 6.54. The third-order valence-electron chi connectivity index (χ3n) is 3.35. The number of hydrogen-bond acceptors (Lipinski definition) is 2. The molecule has 0 radical (unpaired) electrons. The molecule has 1 amide bonds.